The van der Waals surface area contributed by atoms with Crippen molar-refractivity contribution < 1.29 is 17.6 Å². The van der Waals surface area contributed by atoms with Crippen LogP contribution in [-0.2, 0) is 10.8 Å². The zero-order valence-electron chi connectivity index (χ0n) is 31.0. The van der Waals surface area contributed by atoms with E-state index in [-0.39, 0.29) is 11.0 Å². The van der Waals surface area contributed by atoms with Crippen LogP contribution >= 0.6 is 0 Å². The lowest BCUT2D eigenvalue weighted by atomic mass is 9.68. The fraction of sp³-hybridized carbons (Fsp3) is 0.0769. The highest BCUT2D eigenvalue weighted by atomic mass is 19.1. The van der Waals surface area contributed by atoms with E-state index in [1.807, 2.05) is 42.5 Å². The van der Waals surface area contributed by atoms with E-state index in [2.05, 4.69) is 73.3 Å². The van der Waals surface area contributed by atoms with E-state index in [0.717, 1.165) is 17.1 Å². The maximum absolute atomic E-state index is 17.1. The van der Waals surface area contributed by atoms with Gasteiger partial charge in [-0.1, -0.05) is 98.8 Å². The highest BCUT2D eigenvalue weighted by Gasteiger charge is 2.54. The second kappa shape index (κ2) is 11.9. The molecule has 8 aromatic carbocycles. The molecule has 0 N–H and O–H groups in total. The van der Waals surface area contributed by atoms with Crippen LogP contribution in [0.25, 0.3) is 44.5 Å². The predicted molar refractivity (Wildman–Crippen MR) is 220 cm³/mol. The molecule has 57 heavy (non-hydrogen) atoms. The molecule has 11 rings (SSSR count). The Bertz CT molecular complexity index is 2930. The van der Waals surface area contributed by atoms with E-state index < -0.39 is 28.7 Å². The summed E-state index contributed by atoms with van der Waals surface area (Å²) in [6.07, 6.45) is 0. The average molecular weight is 748 g/mol. The highest BCUT2D eigenvalue weighted by Crippen LogP contribution is 2.65. The number of benzene rings is 8. The van der Waals surface area contributed by atoms with Crippen molar-refractivity contribution in [2.75, 3.05) is 4.90 Å². The molecule has 1 spiro atoms. The third-order valence-electron chi connectivity index (χ3n) is 12.5. The van der Waals surface area contributed by atoms with E-state index in [1.165, 1.54) is 64.7 Å². The molecule has 0 fully saturated rings. The van der Waals surface area contributed by atoms with Gasteiger partial charge in [0.05, 0.1) is 5.41 Å². The summed E-state index contributed by atoms with van der Waals surface area (Å²) in [5, 5.41) is 0. The Hall–Kier alpha value is -6.72. The van der Waals surface area contributed by atoms with Gasteiger partial charge in [-0.15, -0.1) is 0 Å². The first-order valence-corrected chi connectivity index (χ1v) is 19.1. The van der Waals surface area contributed by atoms with Crippen molar-refractivity contribution in [3.05, 3.63) is 220 Å². The van der Waals surface area contributed by atoms with Crippen molar-refractivity contribution in [1.29, 1.82) is 0 Å². The van der Waals surface area contributed by atoms with Gasteiger partial charge in [0, 0.05) is 28.0 Å². The summed E-state index contributed by atoms with van der Waals surface area (Å²) >= 11 is 0. The van der Waals surface area contributed by atoms with E-state index in [4.69, 9.17) is 0 Å². The summed E-state index contributed by atoms with van der Waals surface area (Å²) in [5.74, 6) is -1.98. The van der Waals surface area contributed by atoms with Gasteiger partial charge in [0.2, 0.25) is 0 Å². The number of para-hydroxylation sites is 1. The Kier molecular flexibility index (Phi) is 7.01. The van der Waals surface area contributed by atoms with Crippen molar-refractivity contribution in [2.24, 2.45) is 0 Å². The van der Waals surface area contributed by atoms with Gasteiger partial charge < -0.3 is 4.90 Å². The van der Waals surface area contributed by atoms with Crippen molar-refractivity contribution in [2.45, 2.75) is 24.7 Å². The van der Waals surface area contributed by atoms with Gasteiger partial charge in [0.15, 0.2) is 0 Å². The molecular formula is C52H33F4N. The quantitative estimate of drug-likeness (QED) is 0.162. The second-order valence-electron chi connectivity index (χ2n) is 15.8. The highest BCUT2D eigenvalue weighted by molar-refractivity contribution is 5.99. The summed E-state index contributed by atoms with van der Waals surface area (Å²) in [5.41, 5.74) is 11.7. The molecule has 0 amide bonds. The molecule has 0 aromatic heterocycles. The van der Waals surface area contributed by atoms with Crippen LogP contribution in [0.1, 0.15) is 47.2 Å². The molecule has 0 heterocycles. The van der Waals surface area contributed by atoms with Gasteiger partial charge >= 0.3 is 0 Å². The zero-order valence-corrected chi connectivity index (χ0v) is 31.0. The van der Waals surface area contributed by atoms with Crippen molar-refractivity contribution >= 4 is 17.1 Å². The first kappa shape index (κ1) is 33.6. The lowest BCUT2D eigenvalue weighted by Gasteiger charge is -2.32. The Morgan fingerprint density at radius 2 is 0.895 bits per heavy atom. The first-order valence-electron chi connectivity index (χ1n) is 19.1. The van der Waals surface area contributed by atoms with Crippen LogP contribution in [0.4, 0.5) is 34.6 Å². The maximum atomic E-state index is 17.1. The van der Waals surface area contributed by atoms with Crippen LogP contribution in [0.2, 0.25) is 0 Å². The molecule has 8 aromatic rings. The fourth-order valence-corrected chi connectivity index (χ4v) is 10.2. The van der Waals surface area contributed by atoms with Gasteiger partial charge in [-0.05, 0) is 151 Å². The van der Waals surface area contributed by atoms with Crippen LogP contribution in [0, 0.1) is 23.3 Å². The minimum absolute atomic E-state index is 0.227. The summed E-state index contributed by atoms with van der Waals surface area (Å²) in [6, 6.07) is 49.6. The summed E-state index contributed by atoms with van der Waals surface area (Å²) in [4.78, 5) is 2.18. The number of anilines is 3. The van der Waals surface area contributed by atoms with Crippen LogP contribution in [0.5, 0.6) is 0 Å². The molecule has 0 atom stereocenters. The largest absolute Gasteiger partial charge is 0.310 e. The molecule has 1 nitrogen and oxygen atoms in total. The SMILES string of the molecule is CC1(C)c2ccccc2-c2ccc(N(c3ccccc3)c3cccc(-c4c(F)ccc5c4C4(c6cc(F)ccc6-c6ccc(F)cc64)c4cc(F)ccc4-5)c3)cc21. The molecular weight excluding hydrogens is 715 g/mol. The fourth-order valence-electron chi connectivity index (χ4n) is 10.2. The van der Waals surface area contributed by atoms with Gasteiger partial charge in [-0.25, -0.2) is 17.6 Å². The van der Waals surface area contributed by atoms with Crippen molar-refractivity contribution in [3.8, 4) is 44.5 Å². The summed E-state index contributed by atoms with van der Waals surface area (Å²) in [7, 11) is 0. The zero-order chi connectivity index (χ0) is 38.8. The van der Waals surface area contributed by atoms with Crippen LogP contribution < -0.4 is 4.90 Å². The predicted octanol–water partition coefficient (Wildman–Crippen LogP) is 14.0. The van der Waals surface area contributed by atoms with Crippen LogP contribution in [0.3, 0.4) is 0 Å². The smallest absolute Gasteiger partial charge is 0.131 e. The van der Waals surface area contributed by atoms with E-state index in [1.54, 1.807) is 24.3 Å². The number of halogens is 4. The monoisotopic (exact) mass is 747 g/mol. The maximum Gasteiger partial charge on any atom is 0.131 e. The van der Waals surface area contributed by atoms with Gasteiger partial charge in [-0.3, -0.25) is 0 Å². The minimum Gasteiger partial charge on any atom is -0.310 e. The molecule has 274 valence electrons. The normalized spacial score (nSPS) is 14.4. The van der Waals surface area contributed by atoms with Gasteiger partial charge in [0.1, 0.15) is 23.3 Å². The average Bonchev–Trinajstić information content (AvgIpc) is 3.75. The number of nitrogens with zero attached hydrogens (tertiary/aromatic N) is 1. The minimum atomic E-state index is -1.41. The van der Waals surface area contributed by atoms with Gasteiger partial charge in [-0.2, -0.15) is 0 Å². The lowest BCUT2D eigenvalue weighted by molar-refractivity contribution is 0.610. The molecule has 0 aliphatic heterocycles. The van der Waals surface area contributed by atoms with Crippen molar-refractivity contribution in [1.82, 2.24) is 0 Å². The standard InChI is InChI=1S/C52H33F4N/c1-51(2)43-14-7-6-13-37(43)38-22-18-36(29-44(38)51)57(34-10-4-3-5-11-34)35-12-8-9-30(25-35)49-48(56)24-23-42-41-21-17-33(55)28-47(41)52(50(42)49)45-26-31(53)15-19-39(45)40-20-16-32(54)27-46(40)52/h3-29H,1-2H3. The third-order valence-corrected chi connectivity index (χ3v) is 12.5. The first-order chi connectivity index (χ1) is 27.7. The Balaban J connectivity index is 1.17. The summed E-state index contributed by atoms with van der Waals surface area (Å²) in [6.45, 7) is 4.51. The second-order valence-corrected chi connectivity index (χ2v) is 15.8. The molecule has 0 saturated carbocycles. The number of hydrogen-bond acceptors (Lipinski definition) is 1. The van der Waals surface area contributed by atoms with E-state index in [0.29, 0.717) is 50.1 Å². The Labute approximate surface area is 328 Å². The van der Waals surface area contributed by atoms with Gasteiger partial charge in [0.25, 0.3) is 0 Å². The topological polar surface area (TPSA) is 3.24 Å². The molecule has 3 aliphatic carbocycles. The molecule has 5 heteroatoms. The Morgan fingerprint density at radius 3 is 1.56 bits per heavy atom. The third kappa shape index (κ3) is 4.57. The summed E-state index contributed by atoms with van der Waals surface area (Å²) < 4.78 is 63.5. The molecule has 0 radical (unpaired) electrons. The van der Waals surface area contributed by atoms with Crippen LogP contribution in [0.15, 0.2) is 164 Å². The van der Waals surface area contributed by atoms with E-state index >= 15 is 17.6 Å². The molecule has 0 unspecified atom stereocenters. The van der Waals surface area contributed by atoms with E-state index in [9.17, 15) is 0 Å². The molecule has 0 saturated heterocycles. The number of hydrogen-bond donors (Lipinski definition) is 0. The van der Waals surface area contributed by atoms with Crippen LogP contribution in [-0.4, -0.2) is 0 Å². The molecule has 3 aliphatic rings. The number of fused-ring (bicyclic) bond motifs is 13. The molecule has 0 bridgehead atoms. The lowest BCUT2D eigenvalue weighted by Crippen LogP contribution is -2.27. The number of rotatable bonds is 4. The Morgan fingerprint density at radius 1 is 0.386 bits per heavy atom. The van der Waals surface area contributed by atoms with Crippen molar-refractivity contribution in [3.63, 3.8) is 0 Å².